The lowest BCUT2D eigenvalue weighted by Gasteiger charge is -2.07. The van der Waals surface area contributed by atoms with Crippen molar-refractivity contribution >= 4 is 38.8 Å². The summed E-state index contributed by atoms with van der Waals surface area (Å²) in [5, 5.41) is 2.03. The van der Waals surface area contributed by atoms with E-state index in [1.165, 1.54) is 7.11 Å². The highest BCUT2D eigenvalue weighted by atomic mass is 127. The number of fused-ring (bicyclic) bond motifs is 4. The predicted octanol–water partition coefficient (Wildman–Crippen LogP) is 0.0998. The van der Waals surface area contributed by atoms with Gasteiger partial charge in [0.25, 0.3) is 0 Å². The van der Waals surface area contributed by atoms with Crippen LogP contribution in [0.1, 0.15) is 10.4 Å². The monoisotopic (exact) mass is 432 g/mol. The van der Waals surface area contributed by atoms with E-state index in [4.69, 9.17) is 4.74 Å². The number of aromatic nitrogens is 2. The number of hydrogen-bond acceptors (Lipinski definition) is 2. The second-order valence-electron chi connectivity index (χ2n) is 5.72. The molecule has 0 amide bonds. The van der Waals surface area contributed by atoms with Crippen LogP contribution >= 0.6 is 0 Å². The van der Waals surface area contributed by atoms with Gasteiger partial charge in [-0.1, -0.05) is 24.3 Å². The number of pyridine rings is 1. The Morgan fingerprint density at radius 3 is 2.38 bits per heavy atom. The Morgan fingerprint density at radius 2 is 1.67 bits per heavy atom. The molecule has 0 unspecified atom stereocenters. The van der Waals surface area contributed by atoms with Crippen molar-refractivity contribution in [2.75, 3.05) is 7.11 Å². The quantitative estimate of drug-likeness (QED) is 0.243. The fourth-order valence-corrected chi connectivity index (χ4v) is 3.53. The lowest BCUT2D eigenvalue weighted by atomic mass is 10.1. The van der Waals surface area contributed by atoms with Crippen LogP contribution in [0.5, 0.6) is 0 Å². The van der Waals surface area contributed by atoms with E-state index in [0.29, 0.717) is 5.56 Å². The van der Waals surface area contributed by atoms with Gasteiger partial charge in [0.15, 0.2) is 0 Å². The molecular formula is C19H17IN2O2. The molecule has 0 aliphatic heterocycles. The molecule has 0 saturated heterocycles. The van der Waals surface area contributed by atoms with E-state index in [9.17, 15) is 4.79 Å². The largest absolute Gasteiger partial charge is 1.00 e. The van der Waals surface area contributed by atoms with Crippen LogP contribution in [0.3, 0.4) is 0 Å². The van der Waals surface area contributed by atoms with Crippen molar-refractivity contribution in [3.8, 4) is 0 Å². The number of rotatable bonds is 1. The molecule has 2 aromatic heterocycles. The van der Waals surface area contributed by atoms with E-state index in [2.05, 4.69) is 21.3 Å². The summed E-state index contributed by atoms with van der Waals surface area (Å²) in [5.41, 5.74) is 4.67. The van der Waals surface area contributed by atoms with E-state index >= 15 is 0 Å². The number of carbonyl (C=O) groups excluding carboxylic acids is 1. The van der Waals surface area contributed by atoms with Crippen molar-refractivity contribution in [1.82, 2.24) is 4.57 Å². The summed E-state index contributed by atoms with van der Waals surface area (Å²) in [4.78, 5) is 12.5. The van der Waals surface area contributed by atoms with Crippen LogP contribution in [0.4, 0.5) is 0 Å². The maximum atomic E-state index is 12.5. The number of carbonyl (C=O) groups is 1. The molecule has 0 radical (unpaired) electrons. The predicted molar refractivity (Wildman–Crippen MR) is 90.4 cm³/mol. The molecule has 4 aromatic rings. The van der Waals surface area contributed by atoms with E-state index in [-0.39, 0.29) is 29.9 Å². The van der Waals surface area contributed by atoms with Gasteiger partial charge in [0, 0.05) is 13.1 Å². The molecule has 2 heterocycles. The summed E-state index contributed by atoms with van der Waals surface area (Å²) in [6, 6.07) is 16.1. The van der Waals surface area contributed by atoms with Gasteiger partial charge >= 0.3 is 5.97 Å². The Balaban J connectivity index is 0.00000169. The zero-order valence-electron chi connectivity index (χ0n) is 13.7. The molecule has 2 aromatic carbocycles. The Kier molecular flexibility index (Phi) is 4.21. The van der Waals surface area contributed by atoms with Crippen molar-refractivity contribution in [3.05, 3.63) is 54.1 Å². The number of benzene rings is 2. The maximum absolute atomic E-state index is 12.5. The fourth-order valence-electron chi connectivity index (χ4n) is 3.53. The number of methoxy groups -OCH3 is 1. The number of nitrogens with zero attached hydrogens (tertiary/aromatic N) is 2. The van der Waals surface area contributed by atoms with Crippen molar-refractivity contribution in [3.63, 3.8) is 0 Å². The van der Waals surface area contributed by atoms with Gasteiger partial charge in [0.1, 0.15) is 18.1 Å². The smallest absolute Gasteiger partial charge is 0.341 e. The van der Waals surface area contributed by atoms with Gasteiger partial charge in [-0.05, 0) is 18.2 Å². The van der Waals surface area contributed by atoms with Crippen LogP contribution in [0.25, 0.3) is 32.8 Å². The Hall–Kier alpha value is -2.15. The van der Waals surface area contributed by atoms with Crippen LogP contribution < -0.4 is 28.5 Å². The minimum Gasteiger partial charge on any atom is -1.00 e. The van der Waals surface area contributed by atoms with Gasteiger partial charge in [0.2, 0.25) is 11.0 Å². The topological polar surface area (TPSA) is 35.1 Å². The first-order valence-electron chi connectivity index (χ1n) is 7.51. The number of esters is 1. The normalized spacial score (nSPS) is 11.0. The number of para-hydroxylation sites is 2. The van der Waals surface area contributed by atoms with Crippen molar-refractivity contribution in [1.29, 1.82) is 0 Å². The summed E-state index contributed by atoms with van der Waals surface area (Å²) >= 11 is 0. The average molecular weight is 432 g/mol. The molecule has 0 aliphatic rings. The van der Waals surface area contributed by atoms with Crippen molar-refractivity contribution in [2.45, 2.75) is 0 Å². The molecular weight excluding hydrogens is 415 g/mol. The van der Waals surface area contributed by atoms with Gasteiger partial charge < -0.3 is 33.3 Å². The first kappa shape index (κ1) is 16.7. The molecule has 0 saturated carbocycles. The van der Waals surface area contributed by atoms with Gasteiger partial charge in [-0.15, -0.1) is 0 Å². The standard InChI is InChI=1S/C19H17N2O2.HI/c1-20-14-10-6-4-8-12(14)16(19(22)23-3)18-17(20)13-9-5-7-11-15(13)21(18)2;/h4-11H,1-3H3;1H/q+1;/p-1. The lowest BCUT2D eigenvalue weighted by Crippen LogP contribution is -3.00. The Labute approximate surface area is 156 Å². The van der Waals surface area contributed by atoms with Gasteiger partial charge in [0.05, 0.1) is 23.4 Å². The summed E-state index contributed by atoms with van der Waals surface area (Å²) in [7, 11) is 5.46. The molecule has 0 N–H and O–H groups in total. The molecule has 4 rings (SSSR count). The summed E-state index contributed by atoms with van der Waals surface area (Å²) in [6.07, 6.45) is 0. The van der Waals surface area contributed by atoms with E-state index in [1.54, 1.807) is 0 Å². The average Bonchev–Trinajstić information content (AvgIpc) is 2.89. The third kappa shape index (κ3) is 2.11. The van der Waals surface area contributed by atoms with Crippen LogP contribution in [0.15, 0.2) is 48.5 Å². The second kappa shape index (κ2) is 6.05. The van der Waals surface area contributed by atoms with Crippen molar-refractivity contribution < 1.29 is 38.1 Å². The minimum atomic E-state index is -0.308. The number of ether oxygens (including phenoxy) is 1. The van der Waals surface area contributed by atoms with Gasteiger partial charge in [-0.3, -0.25) is 0 Å². The highest BCUT2D eigenvalue weighted by Gasteiger charge is 2.27. The summed E-state index contributed by atoms with van der Waals surface area (Å²) in [5.74, 6) is -0.308. The number of aryl methyl sites for hydroxylation is 2. The molecule has 0 fully saturated rings. The molecule has 0 aliphatic carbocycles. The lowest BCUT2D eigenvalue weighted by molar-refractivity contribution is -0.616. The molecule has 0 bridgehead atoms. The molecule has 0 spiro atoms. The zero-order valence-corrected chi connectivity index (χ0v) is 15.9. The zero-order chi connectivity index (χ0) is 16.1. The third-order valence-corrected chi connectivity index (χ3v) is 4.58. The van der Waals surface area contributed by atoms with Gasteiger partial charge in [-0.2, -0.15) is 4.57 Å². The van der Waals surface area contributed by atoms with Crippen LogP contribution in [-0.4, -0.2) is 17.6 Å². The highest BCUT2D eigenvalue weighted by Crippen LogP contribution is 2.32. The molecule has 4 nitrogen and oxygen atoms in total. The van der Waals surface area contributed by atoms with Crippen LogP contribution in [0.2, 0.25) is 0 Å². The number of hydrogen-bond donors (Lipinski definition) is 0. The third-order valence-electron chi connectivity index (χ3n) is 4.58. The van der Waals surface area contributed by atoms with Gasteiger partial charge in [-0.25, -0.2) is 4.79 Å². The van der Waals surface area contributed by atoms with Crippen LogP contribution in [0, 0.1) is 0 Å². The molecule has 24 heavy (non-hydrogen) atoms. The summed E-state index contributed by atoms with van der Waals surface area (Å²) in [6.45, 7) is 0. The van der Waals surface area contributed by atoms with E-state index in [0.717, 1.165) is 32.8 Å². The summed E-state index contributed by atoms with van der Waals surface area (Å²) < 4.78 is 9.31. The maximum Gasteiger partial charge on any atom is 0.341 e. The molecule has 5 heteroatoms. The SMILES string of the molecule is COC(=O)c1c2ccccc2[n+](C)c2c3ccccc3n(C)c12.[I-]. The number of halogens is 1. The van der Waals surface area contributed by atoms with E-state index < -0.39 is 0 Å². The Bertz CT molecular complexity index is 1100. The first-order valence-corrected chi connectivity index (χ1v) is 7.51. The highest BCUT2D eigenvalue weighted by molar-refractivity contribution is 6.17. The fraction of sp³-hybridized carbons (Fsp3) is 0.158. The Morgan fingerprint density at radius 1 is 1.04 bits per heavy atom. The second-order valence-corrected chi connectivity index (χ2v) is 5.72. The molecule has 0 atom stereocenters. The van der Waals surface area contributed by atoms with Crippen molar-refractivity contribution in [2.24, 2.45) is 14.1 Å². The molecule has 122 valence electrons. The van der Waals surface area contributed by atoms with E-state index in [1.807, 2.05) is 50.5 Å². The first-order chi connectivity index (χ1) is 11.1. The minimum absolute atomic E-state index is 0. The van der Waals surface area contributed by atoms with Crippen LogP contribution in [-0.2, 0) is 18.8 Å².